The number of fused-ring (bicyclic) bond motifs is 1. The minimum absolute atomic E-state index is 0.0485. The van der Waals surface area contributed by atoms with Crippen molar-refractivity contribution in [2.75, 3.05) is 19.5 Å². The molecule has 0 saturated heterocycles. The molecule has 3 rings (SSSR count). The maximum atomic E-state index is 13.0. The van der Waals surface area contributed by atoms with Crippen LogP contribution in [0.3, 0.4) is 0 Å². The monoisotopic (exact) mass is 405 g/mol. The third-order valence-electron chi connectivity index (χ3n) is 5.23. The second-order valence-corrected chi connectivity index (χ2v) is 7.37. The maximum Gasteiger partial charge on any atom is 0.253 e. The highest BCUT2D eigenvalue weighted by Crippen LogP contribution is 2.27. The van der Waals surface area contributed by atoms with Crippen LogP contribution in [-0.4, -0.2) is 35.9 Å². The second kappa shape index (κ2) is 9.39. The number of hydrogen-bond acceptors (Lipinski definition) is 4. The molecular formula is C24H27N3O3. The van der Waals surface area contributed by atoms with Gasteiger partial charge in [-0.25, -0.2) is 0 Å². The van der Waals surface area contributed by atoms with Crippen molar-refractivity contribution in [1.82, 2.24) is 9.88 Å². The second-order valence-electron chi connectivity index (χ2n) is 7.37. The first-order valence-electron chi connectivity index (χ1n) is 10.0. The van der Waals surface area contributed by atoms with Crippen LogP contribution in [0, 0.1) is 5.92 Å². The molecule has 0 fully saturated rings. The fourth-order valence-corrected chi connectivity index (χ4v) is 3.24. The van der Waals surface area contributed by atoms with Crippen molar-refractivity contribution < 1.29 is 14.3 Å². The molecule has 2 aromatic carbocycles. The van der Waals surface area contributed by atoms with Gasteiger partial charge in [0.2, 0.25) is 5.91 Å². The first-order chi connectivity index (χ1) is 14.4. The van der Waals surface area contributed by atoms with E-state index in [-0.39, 0.29) is 17.7 Å². The van der Waals surface area contributed by atoms with Crippen LogP contribution >= 0.6 is 0 Å². The van der Waals surface area contributed by atoms with Gasteiger partial charge in [0, 0.05) is 42.3 Å². The van der Waals surface area contributed by atoms with Gasteiger partial charge in [-0.15, -0.1) is 0 Å². The molecule has 1 aromatic heterocycles. The fourth-order valence-electron chi connectivity index (χ4n) is 3.24. The summed E-state index contributed by atoms with van der Waals surface area (Å²) >= 11 is 0. The van der Waals surface area contributed by atoms with E-state index in [1.54, 1.807) is 49.5 Å². The summed E-state index contributed by atoms with van der Waals surface area (Å²) in [5.41, 5.74) is 2.90. The van der Waals surface area contributed by atoms with Crippen molar-refractivity contribution >= 4 is 28.4 Å². The quantitative estimate of drug-likeness (QED) is 0.628. The van der Waals surface area contributed by atoms with Crippen LogP contribution in [0.4, 0.5) is 5.69 Å². The summed E-state index contributed by atoms with van der Waals surface area (Å²) in [5, 5.41) is 3.83. The van der Waals surface area contributed by atoms with Gasteiger partial charge in [-0.3, -0.25) is 14.6 Å². The van der Waals surface area contributed by atoms with Crippen molar-refractivity contribution in [1.29, 1.82) is 0 Å². The number of anilines is 1. The molecule has 2 amide bonds. The Bertz CT molecular complexity index is 1060. The molecule has 0 radical (unpaired) electrons. The number of amides is 2. The topological polar surface area (TPSA) is 71.5 Å². The largest absolute Gasteiger partial charge is 0.494 e. The van der Waals surface area contributed by atoms with Crippen molar-refractivity contribution in [3.05, 3.63) is 65.9 Å². The van der Waals surface area contributed by atoms with Crippen molar-refractivity contribution in [2.24, 2.45) is 5.92 Å². The summed E-state index contributed by atoms with van der Waals surface area (Å²) in [5.74, 6) is 0.451. The number of hydrogen-bond donors (Lipinski definition) is 1. The summed E-state index contributed by atoms with van der Waals surface area (Å²) in [7, 11) is 3.38. The third kappa shape index (κ3) is 4.59. The first kappa shape index (κ1) is 21.3. The number of benzene rings is 2. The van der Waals surface area contributed by atoms with Crippen LogP contribution in [0.15, 0.2) is 54.7 Å². The lowest BCUT2D eigenvalue weighted by atomic mass is 10.1. The molecule has 6 nitrogen and oxygen atoms in total. The van der Waals surface area contributed by atoms with E-state index in [0.29, 0.717) is 23.5 Å². The number of methoxy groups -OCH3 is 1. The van der Waals surface area contributed by atoms with Crippen LogP contribution in [-0.2, 0) is 11.3 Å². The number of pyridine rings is 1. The van der Waals surface area contributed by atoms with Crippen LogP contribution in [0.1, 0.15) is 36.2 Å². The molecule has 30 heavy (non-hydrogen) atoms. The van der Waals surface area contributed by atoms with Gasteiger partial charge in [0.05, 0.1) is 7.11 Å². The SMILES string of the molecule is CCC(C)C(=O)Nc1cccc(C(=O)N(C)Cc2ccc(OC)c3ncccc23)c1. The number of nitrogens with one attached hydrogen (secondary N) is 1. The number of nitrogens with zero attached hydrogens (tertiary/aromatic N) is 2. The van der Waals surface area contributed by atoms with Gasteiger partial charge in [-0.05, 0) is 42.3 Å². The normalized spacial score (nSPS) is 11.7. The van der Waals surface area contributed by atoms with E-state index in [1.165, 1.54) is 0 Å². The molecule has 0 aliphatic rings. The van der Waals surface area contributed by atoms with Crippen LogP contribution < -0.4 is 10.1 Å². The summed E-state index contributed by atoms with van der Waals surface area (Å²) in [4.78, 5) is 31.2. The maximum absolute atomic E-state index is 13.0. The smallest absolute Gasteiger partial charge is 0.253 e. The summed E-state index contributed by atoms with van der Waals surface area (Å²) < 4.78 is 5.40. The zero-order chi connectivity index (χ0) is 21.7. The Morgan fingerprint density at radius 3 is 2.70 bits per heavy atom. The lowest BCUT2D eigenvalue weighted by molar-refractivity contribution is -0.119. The van der Waals surface area contributed by atoms with Gasteiger partial charge in [0.25, 0.3) is 5.91 Å². The van der Waals surface area contributed by atoms with E-state index in [2.05, 4.69) is 10.3 Å². The van der Waals surface area contributed by atoms with Crippen LogP contribution in [0.5, 0.6) is 5.75 Å². The van der Waals surface area contributed by atoms with Gasteiger partial charge in [-0.1, -0.05) is 32.0 Å². The summed E-state index contributed by atoms with van der Waals surface area (Å²) in [6, 6.07) is 14.7. The van der Waals surface area contributed by atoms with Crippen molar-refractivity contribution in [2.45, 2.75) is 26.8 Å². The molecule has 3 aromatic rings. The highest BCUT2D eigenvalue weighted by atomic mass is 16.5. The van der Waals surface area contributed by atoms with Gasteiger partial charge in [0.15, 0.2) is 0 Å². The summed E-state index contributed by atoms with van der Waals surface area (Å²) in [6.07, 6.45) is 2.49. The Balaban J connectivity index is 1.79. The molecule has 0 saturated carbocycles. The van der Waals surface area contributed by atoms with E-state index in [1.807, 2.05) is 38.1 Å². The van der Waals surface area contributed by atoms with Crippen molar-refractivity contribution in [3.8, 4) is 5.75 Å². The molecule has 0 aliphatic heterocycles. The fraction of sp³-hybridized carbons (Fsp3) is 0.292. The molecule has 0 aliphatic carbocycles. The molecule has 1 unspecified atom stereocenters. The Hall–Kier alpha value is -3.41. The number of rotatable bonds is 7. The average Bonchev–Trinajstić information content (AvgIpc) is 2.78. The predicted molar refractivity (Wildman–Crippen MR) is 119 cm³/mol. The zero-order valence-electron chi connectivity index (χ0n) is 17.8. The number of ether oxygens (including phenoxy) is 1. The minimum atomic E-state index is -0.123. The van der Waals surface area contributed by atoms with E-state index >= 15 is 0 Å². The predicted octanol–water partition coefficient (Wildman–Crippen LogP) is 4.50. The Kier molecular flexibility index (Phi) is 6.67. The Labute approximate surface area is 176 Å². The standard InChI is InChI=1S/C24H27N3O3/c1-5-16(2)23(28)26-19-9-6-8-17(14-19)24(29)27(3)15-18-11-12-21(30-4)22-20(18)10-7-13-25-22/h6-14,16H,5,15H2,1-4H3,(H,26,28). The molecular weight excluding hydrogens is 378 g/mol. The molecule has 0 spiro atoms. The number of carbonyl (C=O) groups is 2. The van der Waals surface area contributed by atoms with Gasteiger partial charge in [0.1, 0.15) is 11.3 Å². The Morgan fingerprint density at radius 1 is 1.17 bits per heavy atom. The van der Waals surface area contributed by atoms with Crippen molar-refractivity contribution in [3.63, 3.8) is 0 Å². The van der Waals surface area contributed by atoms with Crippen LogP contribution in [0.25, 0.3) is 10.9 Å². The van der Waals surface area contributed by atoms with E-state index in [0.717, 1.165) is 22.9 Å². The zero-order valence-corrected chi connectivity index (χ0v) is 17.8. The van der Waals surface area contributed by atoms with E-state index < -0.39 is 0 Å². The van der Waals surface area contributed by atoms with E-state index in [4.69, 9.17) is 4.74 Å². The Morgan fingerprint density at radius 2 is 1.97 bits per heavy atom. The van der Waals surface area contributed by atoms with Gasteiger partial charge < -0.3 is 15.0 Å². The molecule has 156 valence electrons. The van der Waals surface area contributed by atoms with Crippen LogP contribution in [0.2, 0.25) is 0 Å². The molecule has 1 heterocycles. The highest BCUT2D eigenvalue weighted by Gasteiger charge is 2.16. The van der Waals surface area contributed by atoms with Gasteiger partial charge >= 0.3 is 0 Å². The molecule has 1 N–H and O–H groups in total. The highest BCUT2D eigenvalue weighted by molar-refractivity contribution is 5.97. The minimum Gasteiger partial charge on any atom is -0.494 e. The van der Waals surface area contributed by atoms with Gasteiger partial charge in [-0.2, -0.15) is 0 Å². The first-order valence-corrected chi connectivity index (χ1v) is 10.0. The van der Waals surface area contributed by atoms with E-state index in [9.17, 15) is 9.59 Å². The molecule has 1 atom stereocenters. The number of aromatic nitrogens is 1. The lowest BCUT2D eigenvalue weighted by Gasteiger charge is -2.19. The summed E-state index contributed by atoms with van der Waals surface area (Å²) in [6.45, 7) is 4.28. The third-order valence-corrected chi connectivity index (χ3v) is 5.23. The molecule has 0 bridgehead atoms. The lowest BCUT2D eigenvalue weighted by Crippen LogP contribution is -2.26. The number of carbonyl (C=O) groups excluding carboxylic acids is 2. The molecule has 6 heteroatoms. The average molecular weight is 405 g/mol.